The van der Waals surface area contributed by atoms with Crippen LogP contribution < -0.4 is 10.1 Å². The number of halogens is 3. The molecule has 1 N–H and O–H groups in total. The van der Waals surface area contributed by atoms with Crippen LogP contribution in [0.1, 0.15) is 17.3 Å². The van der Waals surface area contributed by atoms with Crippen LogP contribution in [0.3, 0.4) is 0 Å². The van der Waals surface area contributed by atoms with Crippen LogP contribution in [0.4, 0.5) is 10.1 Å². The number of ether oxygens (including phenoxy) is 2. The van der Waals surface area contributed by atoms with Gasteiger partial charge in [0.1, 0.15) is 11.6 Å². The summed E-state index contributed by atoms with van der Waals surface area (Å²) in [6.45, 7) is 1.53. The number of hydrogen-bond donors (Lipinski definition) is 1. The normalized spacial score (nSPS) is 11.6. The molecule has 0 aliphatic heterocycles. The molecule has 1 amide bonds. The second-order valence-corrected chi connectivity index (χ2v) is 6.78. The molecule has 5 nitrogen and oxygen atoms in total. The van der Waals surface area contributed by atoms with E-state index in [-0.39, 0.29) is 5.69 Å². The van der Waals surface area contributed by atoms with E-state index in [0.29, 0.717) is 20.3 Å². The maximum Gasteiger partial charge on any atom is 0.337 e. The van der Waals surface area contributed by atoms with E-state index in [4.69, 9.17) is 4.74 Å². The summed E-state index contributed by atoms with van der Waals surface area (Å²) in [4.78, 5) is 23.7. The van der Waals surface area contributed by atoms with Crippen LogP contribution in [0, 0.1) is 5.82 Å². The third kappa shape index (κ3) is 5.02. The summed E-state index contributed by atoms with van der Waals surface area (Å²) < 4.78 is 25.0. The fourth-order valence-corrected chi connectivity index (χ4v) is 2.72. The topological polar surface area (TPSA) is 64.6 Å². The van der Waals surface area contributed by atoms with Gasteiger partial charge in [0.25, 0.3) is 5.91 Å². The van der Waals surface area contributed by atoms with E-state index in [1.165, 1.54) is 38.3 Å². The van der Waals surface area contributed by atoms with Gasteiger partial charge in [-0.2, -0.15) is 0 Å². The third-order valence-corrected chi connectivity index (χ3v) is 4.33. The molecular formula is C17H14Br2FNO4. The molecule has 0 heterocycles. The van der Waals surface area contributed by atoms with Crippen molar-refractivity contribution in [1.29, 1.82) is 0 Å². The molecule has 0 aromatic heterocycles. The molecule has 2 rings (SSSR count). The van der Waals surface area contributed by atoms with Crippen molar-refractivity contribution in [2.24, 2.45) is 0 Å². The summed E-state index contributed by atoms with van der Waals surface area (Å²) >= 11 is 6.43. The summed E-state index contributed by atoms with van der Waals surface area (Å²) in [6.07, 6.45) is -0.886. The highest BCUT2D eigenvalue weighted by molar-refractivity contribution is 9.10. The van der Waals surface area contributed by atoms with Crippen molar-refractivity contribution >= 4 is 49.4 Å². The molecule has 0 bridgehead atoms. The second kappa shape index (κ2) is 8.44. The Kier molecular flexibility index (Phi) is 6.55. The fraction of sp³-hybridized carbons (Fsp3) is 0.176. The zero-order chi connectivity index (χ0) is 18.6. The third-order valence-electron chi connectivity index (χ3n) is 3.21. The Hall–Kier alpha value is -1.93. The number of rotatable bonds is 5. The molecule has 0 radical (unpaired) electrons. The zero-order valence-corrected chi connectivity index (χ0v) is 16.5. The van der Waals surface area contributed by atoms with E-state index >= 15 is 0 Å². The predicted octanol–water partition coefficient (Wildman–Crippen LogP) is 4.54. The first kappa shape index (κ1) is 19.4. The Labute approximate surface area is 160 Å². The van der Waals surface area contributed by atoms with E-state index in [0.717, 1.165) is 0 Å². The number of carbonyl (C=O) groups excluding carboxylic acids is 2. The molecule has 25 heavy (non-hydrogen) atoms. The van der Waals surface area contributed by atoms with Gasteiger partial charge in [-0.3, -0.25) is 4.79 Å². The van der Waals surface area contributed by atoms with E-state index in [2.05, 4.69) is 41.9 Å². The quantitative estimate of drug-likeness (QED) is 0.646. The first-order chi connectivity index (χ1) is 11.8. The van der Waals surface area contributed by atoms with Crippen LogP contribution in [-0.2, 0) is 9.53 Å². The number of esters is 1. The number of hydrogen-bond acceptors (Lipinski definition) is 4. The maximum atomic E-state index is 13.8. The van der Waals surface area contributed by atoms with Crippen LogP contribution in [0.2, 0.25) is 0 Å². The lowest BCUT2D eigenvalue weighted by molar-refractivity contribution is -0.122. The molecule has 2 aromatic carbocycles. The number of carbonyl (C=O) groups is 2. The van der Waals surface area contributed by atoms with Crippen molar-refractivity contribution in [3.8, 4) is 5.75 Å². The Balaban J connectivity index is 2.07. The Bertz CT molecular complexity index is 813. The first-order valence-electron chi connectivity index (χ1n) is 7.12. The van der Waals surface area contributed by atoms with Gasteiger partial charge in [-0.1, -0.05) is 15.9 Å². The lowest BCUT2D eigenvalue weighted by atomic mass is 10.2. The van der Waals surface area contributed by atoms with E-state index in [1.54, 1.807) is 12.1 Å². The largest absolute Gasteiger partial charge is 0.480 e. The maximum absolute atomic E-state index is 13.8. The molecule has 2 aromatic rings. The van der Waals surface area contributed by atoms with E-state index < -0.39 is 23.8 Å². The molecule has 0 saturated carbocycles. The molecule has 132 valence electrons. The Morgan fingerprint density at radius 1 is 1.16 bits per heavy atom. The number of nitrogens with one attached hydrogen (secondary N) is 1. The smallest absolute Gasteiger partial charge is 0.337 e. The lowest BCUT2D eigenvalue weighted by Crippen LogP contribution is -2.30. The summed E-state index contributed by atoms with van der Waals surface area (Å²) in [5, 5.41) is 2.47. The molecule has 0 fully saturated rings. The lowest BCUT2D eigenvalue weighted by Gasteiger charge is -2.16. The van der Waals surface area contributed by atoms with Gasteiger partial charge >= 0.3 is 5.97 Å². The van der Waals surface area contributed by atoms with Gasteiger partial charge in [0.15, 0.2) is 6.10 Å². The molecule has 0 spiro atoms. The molecule has 8 heteroatoms. The standard InChI is InChI=1S/C17H14Br2FNO4/c1-9(16(22)21-14-5-4-11(18)8-13(14)20)25-15-6-3-10(7-12(15)19)17(23)24-2/h3-9H,1-2H3,(H,21,22). The van der Waals surface area contributed by atoms with Crippen LogP contribution in [0.5, 0.6) is 5.75 Å². The van der Waals surface area contributed by atoms with Crippen molar-refractivity contribution in [1.82, 2.24) is 0 Å². The van der Waals surface area contributed by atoms with Crippen molar-refractivity contribution in [2.45, 2.75) is 13.0 Å². The highest BCUT2D eigenvalue weighted by Crippen LogP contribution is 2.27. The zero-order valence-electron chi connectivity index (χ0n) is 13.3. The fourth-order valence-electron chi connectivity index (χ4n) is 1.91. The van der Waals surface area contributed by atoms with E-state index in [1.807, 2.05) is 0 Å². The monoisotopic (exact) mass is 473 g/mol. The number of benzene rings is 2. The summed E-state index contributed by atoms with van der Waals surface area (Å²) in [5.41, 5.74) is 0.402. The van der Waals surface area contributed by atoms with Gasteiger partial charge in [0.05, 0.1) is 22.8 Å². The minimum atomic E-state index is -0.886. The van der Waals surface area contributed by atoms with Crippen LogP contribution in [0.15, 0.2) is 45.3 Å². The summed E-state index contributed by atoms with van der Waals surface area (Å²) in [5.74, 6) is -1.18. The van der Waals surface area contributed by atoms with Crippen molar-refractivity contribution in [3.05, 3.63) is 56.7 Å². The predicted molar refractivity (Wildman–Crippen MR) is 98.3 cm³/mol. The number of methoxy groups -OCH3 is 1. The van der Waals surface area contributed by atoms with Crippen molar-refractivity contribution in [3.63, 3.8) is 0 Å². The van der Waals surface area contributed by atoms with Crippen molar-refractivity contribution in [2.75, 3.05) is 12.4 Å². The summed E-state index contributed by atoms with van der Waals surface area (Å²) in [6, 6.07) is 8.91. The Morgan fingerprint density at radius 3 is 2.48 bits per heavy atom. The van der Waals surface area contributed by atoms with Gasteiger partial charge in [-0.15, -0.1) is 0 Å². The Morgan fingerprint density at radius 2 is 1.88 bits per heavy atom. The van der Waals surface area contributed by atoms with Crippen LogP contribution in [0.25, 0.3) is 0 Å². The highest BCUT2D eigenvalue weighted by atomic mass is 79.9. The van der Waals surface area contributed by atoms with Crippen LogP contribution in [-0.4, -0.2) is 25.1 Å². The number of amides is 1. The number of anilines is 1. The first-order valence-corrected chi connectivity index (χ1v) is 8.71. The minimum Gasteiger partial charge on any atom is -0.480 e. The van der Waals surface area contributed by atoms with Gasteiger partial charge in [-0.25, -0.2) is 9.18 Å². The average Bonchev–Trinajstić information content (AvgIpc) is 2.58. The van der Waals surface area contributed by atoms with Gasteiger partial charge in [-0.05, 0) is 59.3 Å². The molecule has 1 atom stereocenters. The molecular weight excluding hydrogens is 461 g/mol. The van der Waals surface area contributed by atoms with Crippen LogP contribution >= 0.6 is 31.9 Å². The molecule has 0 saturated heterocycles. The molecule has 0 aliphatic carbocycles. The average molecular weight is 475 g/mol. The SMILES string of the molecule is COC(=O)c1ccc(OC(C)C(=O)Nc2ccc(Br)cc2F)c(Br)c1. The van der Waals surface area contributed by atoms with Gasteiger partial charge in [0.2, 0.25) is 0 Å². The molecule has 1 unspecified atom stereocenters. The second-order valence-electron chi connectivity index (χ2n) is 5.01. The minimum absolute atomic E-state index is 0.0590. The highest BCUT2D eigenvalue weighted by Gasteiger charge is 2.18. The van der Waals surface area contributed by atoms with Gasteiger partial charge in [0, 0.05) is 4.47 Å². The molecule has 0 aliphatic rings. The van der Waals surface area contributed by atoms with E-state index in [9.17, 15) is 14.0 Å². The van der Waals surface area contributed by atoms with Crippen molar-refractivity contribution < 1.29 is 23.5 Å². The van der Waals surface area contributed by atoms with Gasteiger partial charge < -0.3 is 14.8 Å². The summed E-state index contributed by atoms with van der Waals surface area (Å²) in [7, 11) is 1.29.